The van der Waals surface area contributed by atoms with Crippen LogP contribution in [-0.4, -0.2) is 12.7 Å². The van der Waals surface area contributed by atoms with Gasteiger partial charge in [-0.1, -0.05) is 36.7 Å². The Hall–Kier alpha value is 0.140. The fraction of sp³-hybridized carbons (Fsp3) is 0.733. The molecule has 1 saturated heterocycles. The fourth-order valence-corrected chi connectivity index (χ4v) is 4.05. The van der Waals surface area contributed by atoms with Gasteiger partial charge in [0, 0.05) is 21.2 Å². The van der Waals surface area contributed by atoms with E-state index in [0.717, 1.165) is 6.61 Å². The van der Waals surface area contributed by atoms with Gasteiger partial charge in [-0.05, 0) is 43.2 Å². The molecule has 0 N–H and O–H groups in total. The Balaban J connectivity index is 1.88. The molecule has 1 fully saturated rings. The molecule has 2 rings (SSSR count). The molecule has 1 aromatic rings. The standard InChI is InChI=1S/C15H23BrOS/c1-15(2,3)14-9-8-13(18-14)12(16)7-6-11-5-4-10-17-11/h8-9,11-12H,4-7,10H2,1-3H3. The number of halogens is 1. The average molecular weight is 331 g/mol. The number of rotatable bonds is 4. The van der Waals surface area contributed by atoms with Crippen molar-refractivity contribution in [2.45, 2.75) is 62.8 Å². The first kappa shape index (κ1) is 14.5. The number of alkyl halides is 1. The molecule has 3 heteroatoms. The minimum absolute atomic E-state index is 0.268. The van der Waals surface area contributed by atoms with Gasteiger partial charge in [-0.25, -0.2) is 0 Å². The molecule has 0 spiro atoms. The summed E-state index contributed by atoms with van der Waals surface area (Å²) in [5.74, 6) is 0. The van der Waals surface area contributed by atoms with Gasteiger partial charge in [-0.2, -0.15) is 0 Å². The first-order valence-electron chi connectivity index (χ1n) is 6.82. The van der Waals surface area contributed by atoms with Gasteiger partial charge in [0.05, 0.1) is 6.10 Å². The molecular formula is C15H23BrOS. The van der Waals surface area contributed by atoms with Gasteiger partial charge >= 0.3 is 0 Å². The normalized spacial score (nSPS) is 22.3. The van der Waals surface area contributed by atoms with Gasteiger partial charge in [-0.3, -0.25) is 0 Å². The summed E-state index contributed by atoms with van der Waals surface area (Å²) in [6, 6.07) is 4.56. The van der Waals surface area contributed by atoms with Crippen LogP contribution >= 0.6 is 27.3 Å². The Labute approximate surface area is 123 Å². The molecule has 2 heterocycles. The van der Waals surface area contributed by atoms with Gasteiger partial charge in [0.15, 0.2) is 0 Å². The summed E-state index contributed by atoms with van der Waals surface area (Å²) in [7, 11) is 0. The monoisotopic (exact) mass is 330 g/mol. The molecule has 0 aromatic carbocycles. The minimum atomic E-state index is 0.268. The van der Waals surface area contributed by atoms with Gasteiger partial charge in [0.1, 0.15) is 0 Å². The Kier molecular flexibility index (Phi) is 4.90. The van der Waals surface area contributed by atoms with Crippen molar-refractivity contribution in [3.05, 3.63) is 21.9 Å². The summed E-state index contributed by atoms with van der Waals surface area (Å²) in [4.78, 5) is 3.42. The van der Waals surface area contributed by atoms with Crippen LogP contribution in [0, 0.1) is 0 Å². The highest BCUT2D eigenvalue weighted by Gasteiger charge is 2.21. The van der Waals surface area contributed by atoms with E-state index < -0.39 is 0 Å². The molecule has 1 aromatic heterocycles. The topological polar surface area (TPSA) is 9.23 Å². The van der Waals surface area contributed by atoms with E-state index in [1.54, 1.807) is 0 Å². The van der Waals surface area contributed by atoms with E-state index in [0.29, 0.717) is 10.9 Å². The Morgan fingerprint density at radius 2 is 2.22 bits per heavy atom. The summed E-state index contributed by atoms with van der Waals surface area (Å²) in [5.41, 5.74) is 0.268. The predicted octanol–water partition coefficient (Wildman–Crippen LogP) is 5.44. The zero-order chi connectivity index (χ0) is 13.2. The molecule has 0 radical (unpaired) electrons. The summed E-state index contributed by atoms with van der Waals surface area (Å²) in [6.07, 6.45) is 5.35. The summed E-state index contributed by atoms with van der Waals surface area (Å²) in [6.45, 7) is 7.79. The van der Waals surface area contributed by atoms with E-state index in [9.17, 15) is 0 Å². The minimum Gasteiger partial charge on any atom is -0.378 e. The van der Waals surface area contributed by atoms with Crippen molar-refractivity contribution >= 4 is 27.3 Å². The SMILES string of the molecule is CC(C)(C)c1ccc(C(Br)CCC2CCCO2)s1. The van der Waals surface area contributed by atoms with Crippen LogP contribution in [0.3, 0.4) is 0 Å². The van der Waals surface area contributed by atoms with E-state index >= 15 is 0 Å². The van der Waals surface area contributed by atoms with Crippen LogP contribution in [0.1, 0.15) is 61.0 Å². The van der Waals surface area contributed by atoms with Crippen molar-refractivity contribution in [3.8, 4) is 0 Å². The molecule has 0 amide bonds. The lowest BCUT2D eigenvalue weighted by Gasteiger charge is -2.16. The third kappa shape index (κ3) is 3.82. The van der Waals surface area contributed by atoms with Crippen molar-refractivity contribution in [3.63, 3.8) is 0 Å². The lowest BCUT2D eigenvalue weighted by molar-refractivity contribution is 0.102. The molecule has 1 nitrogen and oxygen atoms in total. The van der Waals surface area contributed by atoms with E-state index in [1.165, 1.54) is 35.4 Å². The van der Waals surface area contributed by atoms with Crippen LogP contribution in [0.5, 0.6) is 0 Å². The second kappa shape index (κ2) is 6.06. The third-order valence-corrected chi connectivity index (χ3v) is 6.32. The highest BCUT2D eigenvalue weighted by Crippen LogP contribution is 2.38. The Morgan fingerprint density at radius 3 is 2.78 bits per heavy atom. The van der Waals surface area contributed by atoms with Gasteiger partial charge in [0.2, 0.25) is 0 Å². The Bertz CT molecular complexity index is 374. The third-order valence-electron chi connectivity index (χ3n) is 3.44. The molecule has 18 heavy (non-hydrogen) atoms. The van der Waals surface area contributed by atoms with Gasteiger partial charge in [0.25, 0.3) is 0 Å². The zero-order valence-corrected chi connectivity index (χ0v) is 13.9. The van der Waals surface area contributed by atoms with Crippen LogP contribution in [0.15, 0.2) is 12.1 Å². The maximum absolute atomic E-state index is 5.68. The number of ether oxygens (including phenoxy) is 1. The molecule has 2 unspecified atom stereocenters. The van der Waals surface area contributed by atoms with Gasteiger partial charge in [-0.15, -0.1) is 11.3 Å². The van der Waals surface area contributed by atoms with E-state index in [2.05, 4.69) is 48.8 Å². The lowest BCUT2D eigenvalue weighted by atomic mass is 9.95. The first-order chi connectivity index (χ1) is 8.47. The van der Waals surface area contributed by atoms with Crippen LogP contribution < -0.4 is 0 Å². The maximum Gasteiger partial charge on any atom is 0.0576 e. The van der Waals surface area contributed by atoms with Crippen molar-refractivity contribution in [1.82, 2.24) is 0 Å². The molecule has 0 aliphatic carbocycles. The molecule has 1 aliphatic rings. The van der Waals surface area contributed by atoms with Crippen LogP contribution in [0.25, 0.3) is 0 Å². The fourth-order valence-electron chi connectivity index (χ4n) is 2.27. The van der Waals surface area contributed by atoms with Crippen molar-refractivity contribution < 1.29 is 4.74 Å². The first-order valence-corrected chi connectivity index (χ1v) is 8.56. The summed E-state index contributed by atoms with van der Waals surface area (Å²) in [5, 5.41) is 0. The highest BCUT2D eigenvalue weighted by molar-refractivity contribution is 9.09. The predicted molar refractivity (Wildman–Crippen MR) is 82.9 cm³/mol. The van der Waals surface area contributed by atoms with Crippen LogP contribution in [-0.2, 0) is 10.2 Å². The molecule has 0 saturated carbocycles. The summed E-state index contributed by atoms with van der Waals surface area (Å²) >= 11 is 5.77. The van der Waals surface area contributed by atoms with Crippen molar-refractivity contribution in [1.29, 1.82) is 0 Å². The van der Waals surface area contributed by atoms with Crippen LogP contribution in [0.2, 0.25) is 0 Å². The Morgan fingerprint density at radius 1 is 1.44 bits per heavy atom. The zero-order valence-electron chi connectivity index (χ0n) is 11.5. The largest absolute Gasteiger partial charge is 0.378 e. The molecule has 1 aliphatic heterocycles. The average Bonchev–Trinajstić information content (AvgIpc) is 2.96. The second-order valence-corrected chi connectivity index (χ2v) is 8.35. The van der Waals surface area contributed by atoms with E-state index in [-0.39, 0.29) is 5.41 Å². The lowest BCUT2D eigenvalue weighted by Crippen LogP contribution is -2.07. The molecule has 2 atom stereocenters. The smallest absolute Gasteiger partial charge is 0.0576 e. The quantitative estimate of drug-likeness (QED) is 0.668. The number of hydrogen-bond donors (Lipinski definition) is 0. The van der Waals surface area contributed by atoms with Crippen molar-refractivity contribution in [2.75, 3.05) is 6.61 Å². The summed E-state index contributed by atoms with van der Waals surface area (Å²) < 4.78 is 5.68. The van der Waals surface area contributed by atoms with Crippen LogP contribution in [0.4, 0.5) is 0 Å². The van der Waals surface area contributed by atoms with Crippen molar-refractivity contribution in [2.24, 2.45) is 0 Å². The van der Waals surface area contributed by atoms with Gasteiger partial charge < -0.3 is 4.74 Å². The second-order valence-electron chi connectivity index (χ2n) is 6.13. The number of thiophene rings is 1. The molecular weight excluding hydrogens is 308 g/mol. The number of hydrogen-bond acceptors (Lipinski definition) is 2. The van der Waals surface area contributed by atoms with E-state index in [1.807, 2.05) is 11.3 Å². The maximum atomic E-state index is 5.68. The molecule has 102 valence electrons. The van der Waals surface area contributed by atoms with E-state index in [4.69, 9.17) is 4.74 Å². The highest BCUT2D eigenvalue weighted by atomic mass is 79.9. The molecule has 0 bridgehead atoms.